The lowest BCUT2D eigenvalue weighted by Crippen LogP contribution is -2.38. The topological polar surface area (TPSA) is 105 Å². The summed E-state index contributed by atoms with van der Waals surface area (Å²) >= 11 is 1.50. The molecule has 2 saturated heterocycles. The van der Waals surface area contributed by atoms with Gasteiger partial charge in [0.1, 0.15) is 17.1 Å². The van der Waals surface area contributed by atoms with Crippen LogP contribution in [-0.2, 0) is 4.79 Å². The number of ether oxygens (including phenoxy) is 1. The van der Waals surface area contributed by atoms with Gasteiger partial charge in [0.05, 0.1) is 17.6 Å². The van der Waals surface area contributed by atoms with E-state index < -0.39 is 0 Å². The zero-order valence-electron chi connectivity index (χ0n) is 20.9. The number of methoxy groups -OCH3 is 1. The number of carbonyl (C=O) groups excluding carboxylic acids is 3. The van der Waals surface area contributed by atoms with Crippen LogP contribution < -0.4 is 10.1 Å². The number of fused-ring (bicyclic) bond motifs is 1. The van der Waals surface area contributed by atoms with Crippen LogP contribution in [0.25, 0.3) is 10.9 Å². The van der Waals surface area contributed by atoms with E-state index >= 15 is 0 Å². The van der Waals surface area contributed by atoms with Gasteiger partial charge in [-0.3, -0.25) is 14.4 Å². The van der Waals surface area contributed by atoms with Gasteiger partial charge in [0.25, 0.3) is 11.8 Å². The molecule has 37 heavy (non-hydrogen) atoms. The highest BCUT2D eigenvalue weighted by Crippen LogP contribution is 2.32. The van der Waals surface area contributed by atoms with Gasteiger partial charge in [0.2, 0.25) is 5.91 Å². The van der Waals surface area contributed by atoms with E-state index in [0.29, 0.717) is 49.7 Å². The van der Waals surface area contributed by atoms with E-state index in [1.165, 1.54) is 11.3 Å². The molecule has 0 atom stereocenters. The monoisotopic (exact) mass is 521 g/mol. The Morgan fingerprint density at radius 2 is 1.95 bits per heavy atom. The summed E-state index contributed by atoms with van der Waals surface area (Å²) in [6.07, 6.45) is 3.87. The Morgan fingerprint density at radius 3 is 2.70 bits per heavy atom. The number of hydrogen-bond acceptors (Lipinski definition) is 7. The molecule has 2 fully saturated rings. The van der Waals surface area contributed by atoms with Crippen LogP contribution in [0, 0.1) is 0 Å². The van der Waals surface area contributed by atoms with Gasteiger partial charge < -0.3 is 19.9 Å². The number of piperidine rings is 1. The Kier molecular flexibility index (Phi) is 7.64. The Hall–Kier alpha value is -3.53. The van der Waals surface area contributed by atoms with Gasteiger partial charge in [-0.05, 0) is 37.8 Å². The van der Waals surface area contributed by atoms with E-state index in [9.17, 15) is 14.4 Å². The van der Waals surface area contributed by atoms with Crippen molar-refractivity contribution >= 4 is 40.0 Å². The molecule has 10 heteroatoms. The number of benzene rings is 1. The average molecular weight is 522 g/mol. The lowest BCUT2D eigenvalue weighted by Gasteiger charge is -2.31. The molecule has 3 amide bonds. The number of para-hydroxylation sites is 1. The zero-order valence-corrected chi connectivity index (χ0v) is 21.8. The molecular formula is C27H31N5O4S. The minimum absolute atomic E-state index is 0.0997. The molecule has 2 aliphatic rings. The predicted molar refractivity (Wildman–Crippen MR) is 141 cm³/mol. The fraction of sp³-hybridized carbons (Fsp3) is 0.444. The molecule has 1 aromatic carbocycles. The van der Waals surface area contributed by atoms with Crippen LogP contribution in [0.4, 0.5) is 0 Å². The molecule has 1 N–H and O–H groups in total. The van der Waals surface area contributed by atoms with Crippen molar-refractivity contribution in [1.29, 1.82) is 0 Å². The van der Waals surface area contributed by atoms with Crippen molar-refractivity contribution in [1.82, 2.24) is 25.1 Å². The van der Waals surface area contributed by atoms with E-state index in [1.807, 2.05) is 34.1 Å². The number of amides is 3. The zero-order chi connectivity index (χ0) is 25.8. The second kappa shape index (κ2) is 11.2. The summed E-state index contributed by atoms with van der Waals surface area (Å²) in [5.74, 6) is 0.783. The SMILES string of the molecule is COc1cc(C(=O)N2CCC(c3nc(C(=O)NCCCN4CCCC4=O)cs3)CC2)nc2ccccc12. The number of thiazole rings is 1. The van der Waals surface area contributed by atoms with Gasteiger partial charge in [-0.2, -0.15) is 0 Å². The number of nitrogens with zero attached hydrogens (tertiary/aromatic N) is 4. The molecule has 0 aliphatic carbocycles. The highest BCUT2D eigenvalue weighted by atomic mass is 32.1. The molecule has 0 spiro atoms. The number of aromatic nitrogens is 2. The third-order valence-electron chi connectivity index (χ3n) is 7.06. The number of rotatable bonds is 8. The number of hydrogen-bond donors (Lipinski definition) is 1. The molecule has 0 unspecified atom stereocenters. The number of likely N-dealkylation sites (tertiary alicyclic amines) is 2. The van der Waals surface area contributed by atoms with Crippen molar-refractivity contribution in [3.8, 4) is 5.75 Å². The Labute approximate surface area is 219 Å². The largest absolute Gasteiger partial charge is 0.496 e. The minimum Gasteiger partial charge on any atom is -0.496 e. The van der Waals surface area contributed by atoms with Gasteiger partial charge in [-0.1, -0.05) is 12.1 Å². The van der Waals surface area contributed by atoms with E-state index in [1.54, 1.807) is 18.6 Å². The third-order valence-corrected chi connectivity index (χ3v) is 8.07. The van der Waals surface area contributed by atoms with Crippen LogP contribution in [0.5, 0.6) is 5.75 Å². The molecule has 0 radical (unpaired) electrons. The lowest BCUT2D eigenvalue weighted by molar-refractivity contribution is -0.127. The average Bonchev–Trinajstić information content (AvgIpc) is 3.59. The number of nitrogens with one attached hydrogen (secondary N) is 1. The first-order valence-electron chi connectivity index (χ1n) is 12.8. The first-order valence-corrected chi connectivity index (χ1v) is 13.7. The summed E-state index contributed by atoms with van der Waals surface area (Å²) in [5, 5.41) is 6.53. The van der Waals surface area contributed by atoms with Crippen LogP contribution in [0.3, 0.4) is 0 Å². The van der Waals surface area contributed by atoms with Gasteiger partial charge in [-0.25, -0.2) is 9.97 Å². The van der Waals surface area contributed by atoms with E-state index in [0.717, 1.165) is 48.1 Å². The molecule has 5 rings (SSSR count). The van der Waals surface area contributed by atoms with Crippen molar-refractivity contribution in [2.24, 2.45) is 0 Å². The highest BCUT2D eigenvalue weighted by molar-refractivity contribution is 7.09. The minimum atomic E-state index is -0.181. The standard InChI is InChI=1S/C27H31N5O4S/c1-36-23-16-21(29-20-7-3-2-6-19(20)23)27(35)32-14-9-18(10-15-32)26-30-22(17-37-26)25(34)28-11-5-13-31-12-4-8-24(31)33/h2-3,6-7,16-18H,4-5,8-15H2,1H3,(H,28,34). The van der Waals surface area contributed by atoms with Crippen LogP contribution in [-0.4, -0.2) is 77.3 Å². The number of carbonyl (C=O) groups is 3. The third kappa shape index (κ3) is 5.58. The fourth-order valence-electron chi connectivity index (χ4n) is 5.00. The van der Waals surface area contributed by atoms with Gasteiger partial charge in [0.15, 0.2) is 0 Å². The van der Waals surface area contributed by atoms with Crippen molar-refractivity contribution in [2.75, 3.05) is 39.8 Å². The quantitative estimate of drug-likeness (QED) is 0.455. The smallest absolute Gasteiger partial charge is 0.272 e. The summed E-state index contributed by atoms with van der Waals surface area (Å²) in [7, 11) is 1.60. The highest BCUT2D eigenvalue weighted by Gasteiger charge is 2.28. The summed E-state index contributed by atoms with van der Waals surface area (Å²) in [6.45, 7) is 3.23. The Balaban J connectivity index is 1.13. The first-order chi connectivity index (χ1) is 18.0. The normalized spacial score (nSPS) is 16.4. The molecule has 0 bridgehead atoms. The summed E-state index contributed by atoms with van der Waals surface area (Å²) in [5.41, 5.74) is 1.55. The molecule has 4 heterocycles. The maximum atomic E-state index is 13.2. The molecule has 0 saturated carbocycles. The maximum absolute atomic E-state index is 13.2. The summed E-state index contributed by atoms with van der Waals surface area (Å²) in [4.78, 5) is 50.3. The van der Waals surface area contributed by atoms with Gasteiger partial charge >= 0.3 is 0 Å². The van der Waals surface area contributed by atoms with Crippen molar-refractivity contribution in [2.45, 2.75) is 38.0 Å². The predicted octanol–water partition coefficient (Wildman–Crippen LogP) is 3.46. The number of pyridine rings is 1. The van der Waals surface area contributed by atoms with Crippen LogP contribution >= 0.6 is 11.3 Å². The second-order valence-corrected chi connectivity index (χ2v) is 10.3. The van der Waals surface area contributed by atoms with Crippen LogP contribution in [0.1, 0.15) is 64.0 Å². The first kappa shape index (κ1) is 25.1. The van der Waals surface area contributed by atoms with Crippen LogP contribution in [0.15, 0.2) is 35.7 Å². The maximum Gasteiger partial charge on any atom is 0.272 e. The molecule has 2 aromatic heterocycles. The second-order valence-electron chi connectivity index (χ2n) is 9.46. The van der Waals surface area contributed by atoms with Gasteiger partial charge in [0, 0.05) is 61.9 Å². The van der Waals surface area contributed by atoms with Crippen molar-refractivity contribution in [3.05, 3.63) is 52.1 Å². The van der Waals surface area contributed by atoms with Crippen molar-refractivity contribution < 1.29 is 19.1 Å². The molecule has 2 aliphatic heterocycles. The van der Waals surface area contributed by atoms with Crippen molar-refractivity contribution in [3.63, 3.8) is 0 Å². The molecule has 9 nitrogen and oxygen atoms in total. The molecule has 3 aromatic rings. The lowest BCUT2D eigenvalue weighted by atomic mass is 9.97. The van der Waals surface area contributed by atoms with E-state index in [2.05, 4.69) is 15.3 Å². The van der Waals surface area contributed by atoms with E-state index in [4.69, 9.17) is 4.74 Å². The summed E-state index contributed by atoms with van der Waals surface area (Å²) < 4.78 is 5.49. The fourth-order valence-corrected chi connectivity index (χ4v) is 5.97. The Bertz CT molecular complexity index is 1300. The molecule has 194 valence electrons. The Morgan fingerprint density at radius 1 is 1.14 bits per heavy atom. The summed E-state index contributed by atoms with van der Waals surface area (Å²) in [6, 6.07) is 9.34. The van der Waals surface area contributed by atoms with Gasteiger partial charge in [-0.15, -0.1) is 11.3 Å². The molecular weight excluding hydrogens is 490 g/mol. The van der Waals surface area contributed by atoms with E-state index in [-0.39, 0.29) is 23.6 Å². The van der Waals surface area contributed by atoms with Crippen LogP contribution in [0.2, 0.25) is 0 Å².